The minimum absolute atomic E-state index is 0.00121. The van der Waals surface area contributed by atoms with E-state index in [0.29, 0.717) is 11.0 Å². The maximum atomic E-state index is 12.5. The highest BCUT2D eigenvalue weighted by molar-refractivity contribution is 9.10. The first-order valence-corrected chi connectivity index (χ1v) is 8.68. The van der Waals surface area contributed by atoms with Crippen LogP contribution in [0, 0.1) is 0 Å². The van der Waals surface area contributed by atoms with E-state index in [-0.39, 0.29) is 28.2 Å². The number of methoxy groups -OCH3 is 1. The van der Waals surface area contributed by atoms with Crippen LogP contribution in [0.2, 0.25) is 0 Å². The van der Waals surface area contributed by atoms with Gasteiger partial charge in [-0.05, 0) is 48.8 Å². The zero-order chi connectivity index (χ0) is 16.4. The molecule has 21 heavy (non-hydrogen) atoms. The first kappa shape index (κ1) is 17.9. The van der Waals surface area contributed by atoms with Crippen molar-refractivity contribution in [2.45, 2.75) is 31.7 Å². The van der Waals surface area contributed by atoms with Crippen LogP contribution in [-0.2, 0) is 10.0 Å². The predicted octanol–water partition coefficient (Wildman–Crippen LogP) is 1.98. The average molecular weight is 379 g/mol. The molecule has 0 spiro atoms. The molecule has 0 aliphatic heterocycles. The molecule has 0 unspecified atom stereocenters. The van der Waals surface area contributed by atoms with E-state index in [9.17, 15) is 13.2 Å². The van der Waals surface area contributed by atoms with Gasteiger partial charge in [-0.2, -0.15) is 0 Å². The van der Waals surface area contributed by atoms with Crippen molar-refractivity contribution in [3.8, 4) is 5.75 Å². The molecule has 0 heterocycles. The molecule has 0 saturated carbocycles. The highest BCUT2D eigenvalue weighted by Crippen LogP contribution is 2.33. The molecule has 0 atom stereocenters. The van der Waals surface area contributed by atoms with Crippen molar-refractivity contribution in [2.24, 2.45) is 5.14 Å². The van der Waals surface area contributed by atoms with Gasteiger partial charge >= 0.3 is 0 Å². The predicted molar refractivity (Wildman–Crippen MR) is 83.9 cm³/mol. The fourth-order valence-electron chi connectivity index (χ4n) is 2.01. The highest BCUT2D eigenvalue weighted by atomic mass is 79.9. The van der Waals surface area contributed by atoms with Crippen molar-refractivity contribution >= 4 is 31.9 Å². The van der Waals surface area contributed by atoms with Crippen LogP contribution in [0.3, 0.4) is 0 Å². The minimum atomic E-state index is -4.00. The van der Waals surface area contributed by atoms with Gasteiger partial charge in [-0.15, -0.1) is 0 Å². The molecular formula is C13H19BrN2O4S. The number of carbonyl (C=O) groups excluding carboxylic acids is 1. The third kappa shape index (κ3) is 3.96. The van der Waals surface area contributed by atoms with Crippen molar-refractivity contribution < 1.29 is 17.9 Å². The third-order valence-electron chi connectivity index (χ3n) is 2.99. The summed E-state index contributed by atoms with van der Waals surface area (Å²) in [4.78, 5) is 13.9. The second-order valence-corrected chi connectivity index (χ2v) is 7.10. The standard InChI is InChI=1S/C13H19BrN2O4S/c1-5-16(8(2)3)13(17)9-6-10(14)12(20-4)11(7-9)21(15,18)19/h6-8H,5H2,1-4H3,(H2,15,18,19). The number of sulfonamides is 1. The van der Waals surface area contributed by atoms with E-state index in [1.54, 1.807) is 4.90 Å². The number of nitrogens with zero attached hydrogens (tertiary/aromatic N) is 1. The summed E-state index contributed by atoms with van der Waals surface area (Å²) in [6.45, 7) is 6.16. The summed E-state index contributed by atoms with van der Waals surface area (Å²) in [5.41, 5.74) is 0.238. The number of amides is 1. The lowest BCUT2D eigenvalue weighted by molar-refractivity contribution is 0.0716. The van der Waals surface area contributed by atoms with Crippen LogP contribution in [0.4, 0.5) is 0 Å². The zero-order valence-electron chi connectivity index (χ0n) is 12.4. The van der Waals surface area contributed by atoms with E-state index in [0.717, 1.165) is 0 Å². The molecule has 0 aromatic heterocycles. The molecule has 118 valence electrons. The van der Waals surface area contributed by atoms with Gasteiger partial charge in [-0.25, -0.2) is 13.6 Å². The number of carbonyl (C=O) groups is 1. The molecule has 0 aliphatic carbocycles. The lowest BCUT2D eigenvalue weighted by Crippen LogP contribution is -2.36. The van der Waals surface area contributed by atoms with Gasteiger partial charge in [0.05, 0.1) is 11.6 Å². The molecule has 0 aliphatic rings. The molecule has 8 heteroatoms. The molecule has 0 radical (unpaired) electrons. The Morgan fingerprint density at radius 3 is 2.38 bits per heavy atom. The molecule has 0 bridgehead atoms. The van der Waals surface area contributed by atoms with Gasteiger partial charge < -0.3 is 9.64 Å². The Kier molecular flexibility index (Phi) is 5.77. The quantitative estimate of drug-likeness (QED) is 0.847. The molecule has 2 N–H and O–H groups in total. The maximum absolute atomic E-state index is 12.5. The number of primary sulfonamides is 1. The molecule has 1 rings (SSSR count). The first-order chi connectivity index (χ1) is 9.63. The Morgan fingerprint density at radius 2 is 2.00 bits per heavy atom. The topological polar surface area (TPSA) is 89.7 Å². The fourth-order valence-corrected chi connectivity index (χ4v) is 3.51. The van der Waals surface area contributed by atoms with Gasteiger partial charge in [0, 0.05) is 18.2 Å². The van der Waals surface area contributed by atoms with Gasteiger partial charge in [0.15, 0.2) is 5.75 Å². The Bertz CT molecular complexity index is 644. The van der Waals surface area contributed by atoms with E-state index < -0.39 is 10.0 Å². The number of rotatable bonds is 5. The van der Waals surface area contributed by atoms with Gasteiger partial charge in [0.1, 0.15) is 4.90 Å². The smallest absolute Gasteiger partial charge is 0.254 e. The SMILES string of the molecule is CCN(C(=O)c1cc(Br)c(OC)c(S(N)(=O)=O)c1)C(C)C. The van der Waals surface area contributed by atoms with Crippen LogP contribution in [-0.4, -0.2) is 38.9 Å². The molecular weight excluding hydrogens is 360 g/mol. The Hall–Kier alpha value is -1.12. The van der Waals surface area contributed by atoms with Crippen LogP contribution in [0.5, 0.6) is 5.75 Å². The zero-order valence-corrected chi connectivity index (χ0v) is 14.8. The van der Waals surface area contributed by atoms with Crippen molar-refractivity contribution in [1.82, 2.24) is 4.90 Å². The lowest BCUT2D eigenvalue weighted by atomic mass is 10.1. The van der Waals surface area contributed by atoms with Gasteiger partial charge in [-0.1, -0.05) is 0 Å². The van der Waals surface area contributed by atoms with Gasteiger partial charge in [0.2, 0.25) is 10.0 Å². The maximum Gasteiger partial charge on any atom is 0.254 e. The Morgan fingerprint density at radius 1 is 1.43 bits per heavy atom. The summed E-state index contributed by atoms with van der Waals surface area (Å²) in [6.07, 6.45) is 0. The number of halogens is 1. The van der Waals surface area contributed by atoms with E-state index in [2.05, 4.69) is 15.9 Å². The Labute approximate surface area is 133 Å². The number of benzene rings is 1. The summed E-state index contributed by atoms with van der Waals surface area (Å²) in [6, 6.07) is 2.77. The van der Waals surface area contributed by atoms with Crippen molar-refractivity contribution in [3.63, 3.8) is 0 Å². The highest BCUT2D eigenvalue weighted by Gasteiger charge is 2.24. The number of hydrogen-bond acceptors (Lipinski definition) is 4. The summed E-state index contributed by atoms with van der Waals surface area (Å²) < 4.78 is 28.7. The van der Waals surface area contributed by atoms with E-state index in [4.69, 9.17) is 9.88 Å². The van der Waals surface area contributed by atoms with Gasteiger partial charge in [-0.3, -0.25) is 4.79 Å². The summed E-state index contributed by atoms with van der Waals surface area (Å²) in [5, 5.41) is 5.19. The number of nitrogens with two attached hydrogens (primary N) is 1. The second kappa shape index (κ2) is 6.76. The normalized spacial score (nSPS) is 11.6. The average Bonchev–Trinajstić information content (AvgIpc) is 2.36. The summed E-state index contributed by atoms with van der Waals surface area (Å²) >= 11 is 3.21. The molecule has 6 nitrogen and oxygen atoms in total. The fraction of sp³-hybridized carbons (Fsp3) is 0.462. The van der Waals surface area contributed by atoms with Crippen LogP contribution < -0.4 is 9.88 Å². The van der Waals surface area contributed by atoms with Crippen LogP contribution in [0.25, 0.3) is 0 Å². The largest absolute Gasteiger partial charge is 0.494 e. The number of hydrogen-bond donors (Lipinski definition) is 1. The first-order valence-electron chi connectivity index (χ1n) is 6.34. The summed E-state index contributed by atoms with van der Waals surface area (Å²) in [5.74, 6) is -0.178. The molecule has 1 aromatic carbocycles. The third-order valence-corrected chi connectivity index (χ3v) is 4.50. The van der Waals surface area contributed by atoms with Crippen molar-refractivity contribution in [3.05, 3.63) is 22.2 Å². The molecule has 0 saturated heterocycles. The Balaban J connectivity index is 3.47. The monoisotopic (exact) mass is 378 g/mol. The summed E-state index contributed by atoms with van der Waals surface area (Å²) in [7, 11) is -2.67. The molecule has 1 amide bonds. The molecule has 1 aromatic rings. The van der Waals surface area contributed by atoms with Crippen LogP contribution in [0.15, 0.2) is 21.5 Å². The minimum Gasteiger partial charge on any atom is -0.494 e. The van der Waals surface area contributed by atoms with Gasteiger partial charge in [0.25, 0.3) is 5.91 Å². The second-order valence-electron chi connectivity index (χ2n) is 4.72. The van der Waals surface area contributed by atoms with Crippen molar-refractivity contribution in [2.75, 3.05) is 13.7 Å². The van der Waals surface area contributed by atoms with E-state index >= 15 is 0 Å². The van der Waals surface area contributed by atoms with Crippen LogP contribution in [0.1, 0.15) is 31.1 Å². The van der Waals surface area contributed by atoms with Crippen LogP contribution >= 0.6 is 15.9 Å². The lowest BCUT2D eigenvalue weighted by Gasteiger charge is -2.25. The number of ether oxygens (including phenoxy) is 1. The molecule has 0 fully saturated rings. The van der Waals surface area contributed by atoms with E-state index in [1.807, 2.05) is 20.8 Å². The van der Waals surface area contributed by atoms with E-state index in [1.165, 1.54) is 19.2 Å². The van der Waals surface area contributed by atoms with Crippen molar-refractivity contribution in [1.29, 1.82) is 0 Å².